The van der Waals surface area contributed by atoms with E-state index in [9.17, 15) is 19.1 Å². The third-order valence-corrected chi connectivity index (χ3v) is 6.25. The topological polar surface area (TPSA) is 152 Å². The number of halogens is 1. The van der Waals surface area contributed by atoms with Gasteiger partial charge in [0.15, 0.2) is 11.6 Å². The maximum Gasteiger partial charge on any atom is 0.254 e. The summed E-state index contributed by atoms with van der Waals surface area (Å²) in [5.41, 5.74) is 11.4. The molecule has 198 valence electrons. The molecule has 1 amide bonds. The van der Waals surface area contributed by atoms with E-state index in [-0.39, 0.29) is 47.9 Å². The SMILES string of the molecule is COCCOc1cc(N)c(C(=N)C(=O)C=C(N)c2ccc(C(=O)N3CCC[C@H]3C(C)(C)O)cc2)cc1F. The number of hydrogen-bond donors (Lipinski definition) is 4. The number of benzene rings is 2. The van der Waals surface area contributed by atoms with Gasteiger partial charge in [-0.2, -0.15) is 0 Å². The molecule has 0 saturated carbocycles. The van der Waals surface area contributed by atoms with Crippen LogP contribution in [-0.2, 0) is 9.53 Å². The van der Waals surface area contributed by atoms with Gasteiger partial charge < -0.3 is 30.9 Å². The Balaban J connectivity index is 1.72. The lowest BCUT2D eigenvalue weighted by Gasteiger charge is -2.33. The average Bonchev–Trinajstić information content (AvgIpc) is 3.36. The van der Waals surface area contributed by atoms with Crippen molar-refractivity contribution >= 4 is 28.8 Å². The number of hydrogen-bond acceptors (Lipinski definition) is 8. The van der Waals surface area contributed by atoms with Gasteiger partial charge in [-0.15, -0.1) is 0 Å². The summed E-state index contributed by atoms with van der Waals surface area (Å²) in [4.78, 5) is 27.3. The largest absolute Gasteiger partial charge is 0.488 e. The molecule has 1 fully saturated rings. The minimum absolute atomic E-state index is 0.00766. The highest BCUT2D eigenvalue weighted by Gasteiger charge is 2.38. The summed E-state index contributed by atoms with van der Waals surface area (Å²) < 4.78 is 24.5. The first-order valence-electron chi connectivity index (χ1n) is 11.9. The number of nitrogens with two attached hydrogens (primary N) is 2. The van der Waals surface area contributed by atoms with E-state index in [2.05, 4.69) is 0 Å². The lowest BCUT2D eigenvalue weighted by atomic mass is 9.96. The van der Waals surface area contributed by atoms with Crippen LogP contribution in [0.1, 0.15) is 48.2 Å². The van der Waals surface area contributed by atoms with Gasteiger partial charge in [0.2, 0.25) is 5.78 Å². The molecule has 2 aromatic rings. The Labute approximate surface area is 215 Å². The van der Waals surface area contributed by atoms with Gasteiger partial charge in [-0.05, 0) is 50.5 Å². The van der Waals surface area contributed by atoms with E-state index in [0.29, 0.717) is 17.7 Å². The molecule has 10 heteroatoms. The fourth-order valence-corrected chi connectivity index (χ4v) is 4.28. The highest BCUT2D eigenvalue weighted by Crippen LogP contribution is 2.29. The number of carbonyl (C=O) groups excluding carboxylic acids is 2. The number of methoxy groups -OCH3 is 1. The molecule has 0 aliphatic carbocycles. The van der Waals surface area contributed by atoms with Gasteiger partial charge in [-0.25, -0.2) is 4.39 Å². The minimum atomic E-state index is -1.01. The molecule has 0 spiro atoms. The van der Waals surface area contributed by atoms with Gasteiger partial charge in [0, 0.05) is 48.3 Å². The molecule has 0 bridgehead atoms. The third kappa shape index (κ3) is 6.52. The van der Waals surface area contributed by atoms with Crippen LogP contribution in [0.25, 0.3) is 5.70 Å². The van der Waals surface area contributed by atoms with E-state index in [1.165, 1.54) is 13.2 Å². The van der Waals surface area contributed by atoms with Crippen LogP contribution < -0.4 is 16.2 Å². The molecule has 0 radical (unpaired) electrons. The van der Waals surface area contributed by atoms with Crippen LogP contribution in [0.4, 0.5) is 10.1 Å². The summed E-state index contributed by atoms with van der Waals surface area (Å²) in [5.74, 6) is -1.82. The Kier molecular flexibility index (Phi) is 8.67. The molecule has 1 atom stereocenters. The van der Waals surface area contributed by atoms with Gasteiger partial charge in [-0.3, -0.25) is 15.0 Å². The Morgan fingerprint density at radius 1 is 1.22 bits per heavy atom. The maximum atomic E-state index is 14.4. The number of carbonyl (C=O) groups is 2. The Morgan fingerprint density at radius 2 is 1.86 bits per heavy atom. The summed E-state index contributed by atoms with van der Waals surface area (Å²) in [6.07, 6.45) is 2.61. The van der Waals surface area contributed by atoms with E-state index in [1.807, 2.05) is 0 Å². The number of nitrogens with zero attached hydrogens (tertiary/aromatic N) is 1. The second-order valence-corrected chi connectivity index (χ2v) is 9.44. The van der Waals surface area contributed by atoms with Crippen LogP contribution in [0.5, 0.6) is 5.75 Å². The number of ketones is 1. The number of nitrogen functional groups attached to an aromatic ring is 1. The maximum absolute atomic E-state index is 14.4. The van der Waals surface area contributed by atoms with Crippen molar-refractivity contribution in [2.45, 2.75) is 38.3 Å². The van der Waals surface area contributed by atoms with Crippen LogP contribution in [0.2, 0.25) is 0 Å². The van der Waals surface area contributed by atoms with Crippen LogP contribution in [0.15, 0.2) is 42.5 Å². The zero-order valence-electron chi connectivity index (χ0n) is 21.2. The summed E-state index contributed by atoms with van der Waals surface area (Å²) in [6, 6.07) is 8.33. The molecule has 1 heterocycles. The Hall–Kier alpha value is -3.76. The van der Waals surface area contributed by atoms with Crippen LogP contribution >= 0.6 is 0 Å². The molecule has 0 unspecified atom stereocenters. The van der Waals surface area contributed by atoms with Crippen molar-refractivity contribution in [3.63, 3.8) is 0 Å². The fourth-order valence-electron chi connectivity index (χ4n) is 4.28. The molecule has 3 rings (SSSR count). The molecular formula is C27H33FN4O5. The number of aliphatic hydroxyl groups is 1. The molecule has 1 aliphatic rings. The van der Waals surface area contributed by atoms with Crippen molar-refractivity contribution in [3.8, 4) is 5.75 Å². The van der Waals surface area contributed by atoms with E-state index in [4.69, 9.17) is 26.4 Å². The molecule has 37 heavy (non-hydrogen) atoms. The van der Waals surface area contributed by atoms with E-state index < -0.39 is 22.9 Å². The zero-order chi connectivity index (χ0) is 27.3. The number of rotatable bonds is 10. The van der Waals surface area contributed by atoms with Crippen LogP contribution in [-0.4, -0.2) is 65.9 Å². The first-order chi connectivity index (χ1) is 17.4. The number of likely N-dealkylation sites (tertiary alicyclic amines) is 1. The lowest BCUT2D eigenvalue weighted by Crippen LogP contribution is -2.48. The van der Waals surface area contributed by atoms with E-state index in [0.717, 1.165) is 25.0 Å². The first kappa shape index (κ1) is 27.8. The summed E-state index contributed by atoms with van der Waals surface area (Å²) >= 11 is 0. The van der Waals surface area contributed by atoms with E-state index in [1.54, 1.807) is 43.0 Å². The molecule has 1 saturated heterocycles. The van der Waals surface area contributed by atoms with Crippen molar-refractivity contribution in [2.75, 3.05) is 32.6 Å². The second-order valence-electron chi connectivity index (χ2n) is 9.44. The van der Waals surface area contributed by atoms with Crippen LogP contribution in [0, 0.1) is 11.2 Å². The van der Waals surface area contributed by atoms with Crippen LogP contribution in [0.3, 0.4) is 0 Å². The van der Waals surface area contributed by atoms with Crippen molar-refractivity contribution in [1.29, 1.82) is 5.41 Å². The molecule has 0 aromatic heterocycles. The molecule has 1 aliphatic heterocycles. The zero-order valence-corrected chi connectivity index (χ0v) is 21.2. The standard InChI is InChI=1S/C27H33FN4O5/c1-27(2,35)24-5-4-10-32(24)26(34)17-8-6-16(7-9-17)20(29)14-22(33)25(31)18-13-19(28)23(15-21(18)30)37-12-11-36-3/h6-9,13-15,24,31,35H,4-5,10-12,29-30H2,1-3H3/t24-/m0/s1. The van der Waals surface area contributed by atoms with Gasteiger partial charge in [0.05, 0.1) is 18.2 Å². The third-order valence-electron chi connectivity index (χ3n) is 6.25. The lowest BCUT2D eigenvalue weighted by molar-refractivity contribution is -0.108. The number of amides is 1. The molecule has 6 N–H and O–H groups in total. The number of nitrogens with one attached hydrogen (secondary N) is 1. The predicted octanol–water partition coefficient (Wildman–Crippen LogP) is 2.75. The molecular weight excluding hydrogens is 479 g/mol. The first-order valence-corrected chi connectivity index (χ1v) is 11.9. The summed E-state index contributed by atoms with van der Waals surface area (Å²) in [5, 5.41) is 18.6. The summed E-state index contributed by atoms with van der Waals surface area (Å²) in [7, 11) is 1.49. The quantitative estimate of drug-likeness (QED) is 0.165. The number of anilines is 1. The monoisotopic (exact) mass is 512 g/mol. The fraction of sp³-hybridized carbons (Fsp3) is 0.370. The second kappa shape index (κ2) is 11.5. The van der Waals surface area contributed by atoms with E-state index >= 15 is 0 Å². The number of allylic oxidation sites excluding steroid dienone is 1. The minimum Gasteiger partial charge on any atom is -0.488 e. The smallest absolute Gasteiger partial charge is 0.254 e. The molecule has 2 aromatic carbocycles. The van der Waals surface area contributed by atoms with Crippen molar-refractivity contribution < 1.29 is 28.6 Å². The molecule has 9 nitrogen and oxygen atoms in total. The number of ether oxygens (including phenoxy) is 2. The van der Waals surface area contributed by atoms with Crippen molar-refractivity contribution in [2.24, 2.45) is 5.73 Å². The highest BCUT2D eigenvalue weighted by atomic mass is 19.1. The normalized spacial score (nSPS) is 16.1. The summed E-state index contributed by atoms with van der Waals surface area (Å²) in [6.45, 7) is 4.33. The van der Waals surface area contributed by atoms with Crippen molar-refractivity contribution in [1.82, 2.24) is 4.90 Å². The van der Waals surface area contributed by atoms with Gasteiger partial charge in [0.1, 0.15) is 12.3 Å². The average molecular weight is 513 g/mol. The predicted molar refractivity (Wildman–Crippen MR) is 139 cm³/mol. The van der Waals surface area contributed by atoms with Gasteiger partial charge in [-0.1, -0.05) is 12.1 Å². The highest BCUT2D eigenvalue weighted by molar-refractivity contribution is 6.50. The van der Waals surface area contributed by atoms with Crippen molar-refractivity contribution in [3.05, 3.63) is 65.0 Å². The Bertz CT molecular complexity index is 1200. The van der Waals surface area contributed by atoms with Gasteiger partial charge >= 0.3 is 0 Å². The van der Waals surface area contributed by atoms with Gasteiger partial charge in [0.25, 0.3) is 5.91 Å². The Morgan fingerprint density at radius 3 is 2.49 bits per heavy atom.